The van der Waals surface area contributed by atoms with Crippen molar-refractivity contribution in [3.05, 3.63) is 78.1 Å². The lowest BCUT2D eigenvalue weighted by Gasteiger charge is -2.10. The normalized spacial score (nSPS) is 9.86. The molecular weight excluding hydrogens is 280 g/mol. The smallest absolute Gasteiger partial charge is 0.373 e. The molecule has 2 aromatic carbocycles. The third kappa shape index (κ3) is 4.66. The highest BCUT2D eigenvalue weighted by Gasteiger charge is 2.10. The fourth-order valence-electron chi connectivity index (χ4n) is 1.80. The van der Waals surface area contributed by atoms with E-state index in [2.05, 4.69) is 6.58 Å². The van der Waals surface area contributed by atoms with E-state index in [1.807, 2.05) is 48.5 Å². The molecule has 0 amide bonds. The number of rotatable bonds is 7. The summed E-state index contributed by atoms with van der Waals surface area (Å²) in [7, 11) is 1.59. The van der Waals surface area contributed by atoms with Crippen molar-refractivity contribution < 1.29 is 19.0 Å². The molecule has 2 aromatic rings. The van der Waals surface area contributed by atoms with E-state index in [4.69, 9.17) is 14.2 Å². The summed E-state index contributed by atoms with van der Waals surface area (Å²) in [6, 6.07) is 16.9. The highest BCUT2D eigenvalue weighted by Crippen LogP contribution is 2.14. The molecule has 4 heteroatoms. The van der Waals surface area contributed by atoms with E-state index in [1.54, 1.807) is 13.2 Å². The van der Waals surface area contributed by atoms with Crippen molar-refractivity contribution in [1.29, 1.82) is 0 Å². The van der Waals surface area contributed by atoms with Crippen LogP contribution in [0.3, 0.4) is 0 Å². The summed E-state index contributed by atoms with van der Waals surface area (Å²) in [6.07, 6.45) is 0. The maximum absolute atomic E-state index is 11.8. The van der Waals surface area contributed by atoms with Gasteiger partial charge in [0, 0.05) is 0 Å². The Balaban J connectivity index is 1.80. The molecule has 0 fully saturated rings. The molecule has 0 aliphatic heterocycles. The number of ether oxygens (including phenoxy) is 3. The van der Waals surface area contributed by atoms with Crippen molar-refractivity contribution in [2.75, 3.05) is 7.11 Å². The molecule has 0 atom stereocenters. The van der Waals surface area contributed by atoms with Crippen molar-refractivity contribution in [3.63, 3.8) is 0 Å². The largest absolute Gasteiger partial charge is 0.497 e. The molecule has 0 unspecified atom stereocenters. The lowest BCUT2D eigenvalue weighted by Crippen LogP contribution is -2.10. The van der Waals surface area contributed by atoms with Crippen LogP contribution in [0.25, 0.3) is 0 Å². The van der Waals surface area contributed by atoms with Crippen LogP contribution in [0.5, 0.6) is 5.75 Å². The van der Waals surface area contributed by atoms with Gasteiger partial charge in [-0.15, -0.1) is 0 Å². The highest BCUT2D eigenvalue weighted by molar-refractivity contribution is 5.85. The molecular formula is C18H18O4. The number of esters is 1. The zero-order chi connectivity index (χ0) is 15.8. The van der Waals surface area contributed by atoms with E-state index in [9.17, 15) is 4.79 Å². The van der Waals surface area contributed by atoms with Crippen LogP contribution in [0.4, 0.5) is 0 Å². The van der Waals surface area contributed by atoms with Crippen LogP contribution < -0.4 is 4.74 Å². The van der Waals surface area contributed by atoms with Gasteiger partial charge < -0.3 is 14.2 Å². The summed E-state index contributed by atoms with van der Waals surface area (Å²) >= 11 is 0. The fourth-order valence-corrected chi connectivity index (χ4v) is 1.80. The maximum Gasteiger partial charge on any atom is 0.373 e. The van der Waals surface area contributed by atoms with Crippen molar-refractivity contribution in [2.45, 2.75) is 13.2 Å². The van der Waals surface area contributed by atoms with Gasteiger partial charge in [0.2, 0.25) is 0 Å². The van der Waals surface area contributed by atoms with Gasteiger partial charge in [0.25, 0.3) is 0 Å². The van der Waals surface area contributed by atoms with Gasteiger partial charge in [0.15, 0.2) is 5.76 Å². The zero-order valence-electron chi connectivity index (χ0n) is 12.5. The summed E-state index contributed by atoms with van der Waals surface area (Å²) in [5.74, 6) is 0.137. The number of carbonyl (C=O) groups is 1. The summed E-state index contributed by atoms with van der Waals surface area (Å²) in [5.41, 5.74) is 1.80. The fraction of sp³-hybridized carbons (Fsp3) is 0.167. The average Bonchev–Trinajstić information content (AvgIpc) is 2.58. The van der Waals surface area contributed by atoms with Crippen molar-refractivity contribution >= 4 is 5.97 Å². The van der Waals surface area contributed by atoms with Crippen molar-refractivity contribution in [1.82, 2.24) is 0 Å². The Bertz CT molecular complexity index is 635. The van der Waals surface area contributed by atoms with Crippen LogP contribution in [-0.2, 0) is 27.5 Å². The predicted molar refractivity (Wildman–Crippen MR) is 83.2 cm³/mol. The molecule has 0 aliphatic rings. The maximum atomic E-state index is 11.8. The van der Waals surface area contributed by atoms with Crippen molar-refractivity contribution in [3.8, 4) is 5.75 Å². The van der Waals surface area contributed by atoms with Gasteiger partial charge in [-0.25, -0.2) is 4.79 Å². The molecule has 0 bridgehead atoms. The van der Waals surface area contributed by atoms with E-state index < -0.39 is 5.97 Å². The Morgan fingerprint density at radius 2 is 1.64 bits per heavy atom. The third-order valence-electron chi connectivity index (χ3n) is 2.99. The summed E-state index contributed by atoms with van der Waals surface area (Å²) < 4.78 is 15.6. The topological polar surface area (TPSA) is 44.8 Å². The van der Waals surface area contributed by atoms with Crippen LogP contribution in [-0.4, -0.2) is 13.1 Å². The average molecular weight is 298 g/mol. The molecule has 0 N–H and O–H groups in total. The second kappa shape index (κ2) is 7.88. The first kappa shape index (κ1) is 15.6. The molecule has 0 heterocycles. The Kier molecular flexibility index (Phi) is 5.60. The van der Waals surface area contributed by atoms with E-state index in [1.165, 1.54) is 0 Å². The lowest BCUT2D eigenvalue weighted by molar-refractivity contribution is -0.144. The first-order valence-electron chi connectivity index (χ1n) is 6.84. The van der Waals surface area contributed by atoms with Gasteiger partial charge in [-0.2, -0.15) is 0 Å². The van der Waals surface area contributed by atoms with Gasteiger partial charge in [-0.3, -0.25) is 0 Å². The monoisotopic (exact) mass is 298 g/mol. The van der Waals surface area contributed by atoms with Gasteiger partial charge in [0.1, 0.15) is 19.0 Å². The van der Waals surface area contributed by atoms with E-state index >= 15 is 0 Å². The van der Waals surface area contributed by atoms with Gasteiger partial charge >= 0.3 is 5.97 Å². The number of methoxy groups -OCH3 is 1. The van der Waals surface area contributed by atoms with Crippen LogP contribution in [0, 0.1) is 0 Å². The van der Waals surface area contributed by atoms with Crippen molar-refractivity contribution in [2.24, 2.45) is 0 Å². The zero-order valence-corrected chi connectivity index (χ0v) is 12.5. The standard InChI is InChI=1S/C18H18O4/c1-14(21-12-15-7-4-3-5-8-15)18(19)22-13-16-9-6-10-17(11-16)20-2/h3-11H,1,12-13H2,2H3. The molecule has 2 rings (SSSR count). The van der Waals surface area contributed by atoms with Gasteiger partial charge in [-0.1, -0.05) is 42.5 Å². The van der Waals surface area contributed by atoms with E-state index in [-0.39, 0.29) is 19.0 Å². The molecule has 0 aromatic heterocycles. The molecule has 22 heavy (non-hydrogen) atoms. The Morgan fingerprint density at radius 3 is 2.36 bits per heavy atom. The molecule has 0 radical (unpaired) electrons. The summed E-state index contributed by atoms with van der Waals surface area (Å²) in [5, 5.41) is 0. The lowest BCUT2D eigenvalue weighted by atomic mass is 10.2. The minimum atomic E-state index is -0.571. The number of hydrogen-bond acceptors (Lipinski definition) is 4. The minimum absolute atomic E-state index is 0.00764. The molecule has 0 saturated carbocycles. The summed E-state index contributed by atoms with van der Waals surface area (Å²) in [6.45, 7) is 4.02. The van der Waals surface area contributed by atoms with E-state index in [0.717, 1.165) is 11.1 Å². The first-order chi connectivity index (χ1) is 10.7. The number of carbonyl (C=O) groups excluding carboxylic acids is 1. The Morgan fingerprint density at radius 1 is 0.955 bits per heavy atom. The molecule has 0 saturated heterocycles. The quantitative estimate of drug-likeness (QED) is 0.446. The van der Waals surface area contributed by atoms with Gasteiger partial charge in [0.05, 0.1) is 7.11 Å². The Labute approximate surface area is 129 Å². The molecule has 0 spiro atoms. The molecule has 0 aliphatic carbocycles. The van der Waals surface area contributed by atoms with Crippen LogP contribution in [0.2, 0.25) is 0 Å². The number of hydrogen-bond donors (Lipinski definition) is 0. The van der Waals surface area contributed by atoms with Gasteiger partial charge in [-0.05, 0) is 29.8 Å². The Hall–Kier alpha value is -2.75. The predicted octanol–water partition coefficient (Wildman–Crippen LogP) is 3.47. The number of benzene rings is 2. The van der Waals surface area contributed by atoms with Crippen LogP contribution >= 0.6 is 0 Å². The first-order valence-corrected chi connectivity index (χ1v) is 6.84. The molecule has 4 nitrogen and oxygen atoms in total. The summed E-state index contributed by atoms with van der Waals surface area (Å²) in [4.78, 5) is 11.8. The van der Waals surface area contributed by atoms with Crippen LogP contribution in [0.15, 0.2) is 66.9 Å². The van der Waals surface area contributed by atoms with E-state index in [0.29, 0.717) is 5.75 Å². The second-order valence-electron chi connectivity index (χ2n) is 4.63. The SMILES string of the molecule is C=C(OCc1ccccc1)C(=O)OCc1cccc(OC)c1. The second-order valence-corrected chi connectivity index (χ2v) is 4.63. The minimum Gasteiger partial charge on any atom is -0.497 e. The third-order valence-corrected chi connectivity index (χ3v) is 2.99. The molecule has 114 valence electrons. The van der Waals surface area contributed by atoms with Crippen LogP contribution in [0.1, 0.15) is 11.1 Å². The highest BCUT2D eigenvalue weighted by atomic mass is 16.6.